The van der Waals surface area contributed by atoms with Gasteiger partial charge in [-0.25, -0.2) is 0 Å². The predicted molar refractivity (Wildman–Crippen MR) is 81.8 cm³/mol. The van der Waals surface area contributed by atoms with Crippen LogP contribution >= 0.6 is 0 Å². The van der Waals surface area contributed by atoms with Crippen LogP contribution in [0.4, 0.5) is 0 Å². The van der Waals surface area contributed by atoms with E-state index in [1.165, 1.54) is 18.4 Å². The van der Waals surface area contributed by atoms with Crippen LogP contribution in [0.1, 0.15) is 66.2 Å². The number of hydrogen-bond donors (Lipinski definition) is 2. The summed E-state index contributed by atoms with van der Waals surface area (Å²) in [7, 11) is 0. The molecule has 0 heterocycles. The quantitative estimate of drug-likeness (QED) is 0.422. The molecular weight excluding hydrogens is 236 g/mol. The molecule has 1 aliphatic rings. The van der Waals surface area contributed by atoms with Crippen molar-refractivity contribution < 1.29 is 4.74 Å². The average molecular weight is 268 g/mol. The summed E-state index contributed by atoms with van der Waals surface area (Å²) in [5.74, 6) is 5.82. The molecule has 1 unspecified atom stereocenters. The lowest BCUT2D eigenvalue weighted by Gasteiger charge is -2.47. The van der Waals surface area contributed by atoms with Crippen LogP contribution in [0.3, 0.4) is 0 Å². The van der Waals surface area contributed by atoms with E-state index in [1.807, 2.05) is 0 Å². The van der Waals surface area contributed by atoms with Crippen LogP contribution in [0.25, 0.3) is 0 Å². The first kappa shape index (κ1) is 16.7. The van der Waals surface area contributed by atoms with Crippen molar-refractivity contribution in [3.05, 3.63) is 12.2 Å². The zero-order valence-electron chi connectivity index (χ0n) is 13.2. The predicted octanol–water partition coefficient (Wildman–Crippen LogP) is 3.55. The highest BCUT2D eigenvalue weighted by atomic mass is 16.5. The first-order valence-electron chi connectivity index (χ1n) is 7.66. The monoisotopic (exact) mass is 268 g/mol. The fourth-order valence-electron chi connectivity index (χ4n) is 3.06. The van der Waals surface area contributed by atoms with E-state index in [-0.39, 0.29) is 11.6 Å². The van der Waals surface area contributed by atoms with E-state index in [0.717, 1.165) is 32.3 Å². The first-order chi connectivity index (χ1) is 8.89. The molecule has 0 amide bonds. The Morgan fingerprint density at radius 2 is 1.84 bits per heavy atom. The van der Waals surface area contributed by atoms with E-state index in [9.17, 15) is 0 Å². The van der Waals surface area contributed by atoms with Gasteiger partial charge in [0, 0.05) is 6.61 Å². The molecule has 0 aromatic rings. The van der Waals surface area contributed by atoms with Gasteiger partial charge in [0.25, 0.3) is 0 Å². The minimum Gasteiger partial charge on any atom is -0.374 e. The maximum Gasteiger partial charge on any atom is 0.0851 e. The molecule has 1 aliphatic carbocycles. The highest BCUT2D eigenvalue weighted by Gasteiger charge is 2.44. The van der Waals surface area contributed by atoms with Crippen molar-refractivity contribution in [1.82, 2.24) is 5.43 Å². The highest BCUT2D eigenvalue weighted by molar-refractivity contribution is 5.05. The van der Waals surface area contributed by atoms with E-state index >= 15 is 0 Å². The Hall–Kier alpha value is -0.380. The zero-order chi connectivity index (χ0) is 14.5. The second-order valence-electron chi connectivity index (χ2n) is 6.69. The molecule has 3 N–H and O–H groups in total. The highest BCUT2D eigenvalue weighted by Crippen LogP contribution is 2.44. The van der Waals surface area contributed by atoms with Gasteiger partial charge in [-0.3, -0.25) is 11.3 Å². The van der Waals surface area contributed by atoms with E-state index in [1.54, 1.807) is 0 Å². The number of nitrogens with two attached hydrogens (primary N) is 1. The number of hydrogen-bond acceptors (Lipinski definition) is 3. The number of nitrogens with one attached hydrogen (secondary N) is 1. The molecule has 3 nitrogen and oxygen atoms in total. The van der Waals surface area contributed by atoms with Gasteiger partial charge < -0.3 is 4.74 Å². The fraction of sp³-hybridized carbons (Fsp3) is 0.875. The van der Waals surface area contributed by atoms with Crippen molar-refractivity contribution in [2.45, 2.75) is 77.9 Å². The number of hydrazine groups is 1. The van der Waals surface area contributed by atoms with E-state index < -0.39 is 0 Å². The first-order valence-corrected chi connectivity index (χ1v) is 7.66. The van der Waals surface area contributed by atoms with E-state index in [2.05, 4.69) is 39.7 Å². The third-order valence-electron chi connectivity index (χ3n) is 4.71. The lowest BCUT2D eigenvalue weighted by molar-refractivity contribution is -0.106. The summed E-state index contributed by atoms with van der Waals surface area (Å²) in [6.07, 6.45) is 6.48. The van der Waals surface area contributed by atoms with Gasteiger partial charge in [-0.05, 0) is 50.9 Å². The standard InChI is InChI=1S/C16H32N2O/c1-6-13(3)12-14(18-17)16(19-7-2)10-8-15(4,5)9-11-16/h14,18H,3,6-12,17H2,1-2,4-5H3. The van der Waals surface area contributed by atoms with Gasteiger partial charge in [0.1, 0.15) is 0 Å². The zero-order valence-corrected chi connectivity index (χ0v) is 13.2. The molecule has 3 heteroatoms. The second-order valence-corrected chi connectivity index (χ2v) is 6.69. The topological polar surface area (TPSA) is 47.3 Å². The lowest BCUT2D eigenvalue weighted by Crippen LogP contribution is -2.57. The normalized spacial score (nSPS) is 23.0. The van der Waals surface area contributed by atoms with Crippen molar-refractivity contribution in [3.8, 4) is 0 Å². The van der Waals surface area contributed by atoms with Crippen molar-refractivity contribution in [1.29, 1.82) is 0 Å². The Morgan fingerprint density at radius 3 is 2.26 bits per heavy atom. The third-order valence-corrected chi connectivity index (χ3v) is 4.71. The molecule has 112 valence electrons. The third kappa shape index (κ3) is 4.30. The van der Waals surface area contributed by atoms with Gasteiger partial charge in [0.2, 0.25) is 0 Å². The molecule has 0 bridgehead atoms. The minimum atomic E-state index is -0.114. The van der Waals surface area contributed by atoms with Gasteiger partial charge in [-0.1, -0.05) is 32.9 Å². The molecule has 0 aromatic carbocycles. The molecular formula is C16H32N2O. The van der Waals surface area contributed by atoms with Crippen molar-refractivity contribution in [2.75, 3.05) is 6.61 Å². The van der Waals surface area contributed by atoms with Crippen LogP contribution in [0, 0.1) is 5.41 Å². The molecule has 0 saturated heterocycles. The summed E-state index contributed by atoms with van der Waals surface area (Å²) in [5.41, 5.74) is 4.56. The number of ether oxygens (including phenoxy) is 1. The molecule has 0 spiro atoms. The SMILES string of the molecule is C=C(CC)CC(NN)C1(OCC)CCC(C)(C)CC1. The van der Waals surface area contributed by atoms with Crippen LogP contribution in [-0.2, 0) is 4.74 Å². The maximum atomic E-state index is 6.18. The second kappa shape index (κ2) is 6.87. The van der Waals surface area contributed by atoms with E-state index in [0.29, 0.717) is 5.41 Å². The largest absolute Gasteiger partial charge is 0.374 e. The Bertz CT molecular complexity index is 289. The Balaban J connectivity index is 2.82. The Morgan fingerprint density at radius 1 is 1.26 bits per heavy atom. The van der Waals surface area contributed by atoms with Gasteiger partial charge in [0.05, 0.1) is 11.6 Å². The molecule has 1 fully saturated rings. The lowest BCUT2D eigenvalue weighted by atomic mass is 9.67. The maximum absolute atomic E-state index is 6.18. The Labute approximate surface area is 118 Å². The van der Waals surface area contributed by atoms with Crippen molar-refractivity contribution in [3.63, 3.8) is 0 Å². The van der Waals surface area contributed by atoms with Crippen molar-refractivity contribution >= 4 is 0 Å². The molecule has 0 radical (unpaired) electrons. The summed E-state index contributed by atoms with van der Waals surface area (Å²) >= 11 is 0. The van der Waals surface area contributed by atoms with Crippen LogP contribution in [0.2, 0.25) is 0 Å². The minimum absolute atomic E-state index is 0.114. The van der Waals surface area contributed by atoms with Gasteiger partial charge >= 0.3 is 0 Å². The summed E-state index contributed by atoms with van der Waals surface area (Å²) in [4.78, 5) is 0. The summed E-state index contributed by atoms with van der Waals surface area (Å²) in [6.45, 7) is 13.8. The molecule has 1 saturated carbocycles. The summed E-state index contributed by atoms with van der Waals surface area (Å²) in [5, 5.41) is 0. The molecule has 1 rings (SSSR count). The molecule has 19 heavy (non-hydrogen) atoms. The van der Waals surface area contributed by atoms with Gasteiger partial charge in [-0.15, -0.1) is 0 Å². The fourth-order valence-corrected chi connectivity index (χ4v) is 3.06. The van der Waals surface area contributed by atoms with Crippen LogP contribution in [0.5, 0.6) is 0 Å². The van der Waals surface area contributed by atoms with Crippen LogP contribution in [-0.4, -0.2) is 18.2 Å². The average Bonchev–Trinajstić information content (AvgIpc) is 2.39. The van der Waals surface area contributed by atoms with E-state index in [4.69, 9.17) is 10.6 Å². The summed E-state index contributed by atoms with van der Waals surface area (Å²) < 4.78 is 6.18. The summed E-state index contributed by atoms with van der Waals surface area (Å²) in [6, 6.07) is 0.177. The smallest absolute Gasteiger partial charge is 0.0851 e. The Kier molecular flexibility index (Phi) is 6.03. The van der Waals surface area contributed by atoms with Crippen molar-refractivity contribution in [2.24, 2.45) is 11.3 Å². The van der Waals surface area contributed by atoms with Crippen LogP contribution < -0.4 is 11.3 Å². The van der Waals surface area contributed by atoms with Gasteiger partial charge in [-0.2, -0.15) is 0 Å². The molecule has 0 aromatic heterocycles. The molecule has 1 atom stereocenters. The van der Waals surface area contributed by atoms with Gasteiger partial charge in [0.15, 0.2) is 0 Å². The molecule has 0 aliphatic heterocycles. The van der Waals surface area contributed by atoms with Crippen LogP contribution in [0.15, 0.2) is 12.2 Å². The number of rotatable bonds is 7.